The number of benzene rings is 2. The molecule has 0 aromatic heterocycles. The van der Waals surface area contributed by atoms with Crippen LogP contribution in [0.5, 0.6) is 0 Å². The van der Waals surface area contributed by atoms with E-state index in [2.05, 4.69) is 26.0 Å². The maximum absolute atomic E-state index is 13.4. The Kier molecular flexibility index (Phi) is 5.86. The van der Waals surface area contributed by atoms with Crippen LogP contribution >= 0.6 is 15.9 Å². The van der Waals surface area contributed by atoms with Gasteiger partial charge in [-0.1, -0.05) is 40.2 Å². The van der Waals surface area contributed by atoms with Crippen molar-refractivity contribution in [2.75, 3.05) is 6.54 Å². The van der Waals surface area contributed by atoms with Crippen LogP contribution in [0.3, 0.4) is 0 Å². The van der Waals surface area contributed by atoms with Crippen LogP contribution in [-0.4, -0.2) is 20.9 Å². The van der Waals surface area contributed by atoms with Crippen LogP contribution in [0.4, 0.5) is 4.39 Å². The molecule has 0 saturated carbocycles. The van der Waals surface area contributed by atoms with E-state index in [4.69, 9.17) is 0 Å². The van der Waals surface area contributed by atoms with Crippen molar-refractivity contribution in [1.29, 1.82) is 0 Å². The molecule has 0 saturated heterocycles. The van der Waals surface area contributed by atoms with E-state index < -0.39 is 28.3 Å². The minimum Gasteiger partial charge on any atom is -0.351 e. The van der Waals surface area contributed by atoms with Gasteiger partial charge in [-0.3, -0.25) is 4.79 Å². The summed E-state index contributed by atoms with van der Waals surface area (Å²) in [5.74, 6) is -0.977. The third-order valence-corrected chi connectivity index (χ3v) is 4.86. The highest BCUT2D eigenvalue weighted by Gasteiger charge is 2.15. The summed E-state index contributed by atoms with van der Waals surface area (Å²) in [6.07, 6.45) is 0. The second-order valence-electron chi connectivity index (χ2n) is 4.65. The van der Waals surface area contributed by atoms with Gasteiger partial charge in [-0.25, -0.2) is 17.5 Å². The molecule has 0 spiro atoms. The largest absolute Gasteiger partial charge is 0.351 e. The summed E-state index contributed by atoms with van der Waals surface area (Å²) in [4.78, 5) is 11.8. The van der Waals surface area contributed by atoms with Crippen molar-refractivity contribution >= 4 is 31.9 Å². The molecule has 2 N–H and O–H groups in total. The molecule has 0 heterocycles. The lowest BCUT2D eigenvalue weighted by atomic mass is 10.2. The van der Waals surface area contributed by atoms with E-state index in [0.717, 1.165) is 0 Å². The second-order valence-corrected chi connectivity index (χ2v) is 7.33. The number of sulfonamides is 1. The van der Waals surface area contributed by atoms with Gasteiger partial charge >= 0.3 is 0 Å². The Hall–Kier alpha value is -1.77. The van der Waals surface area contributed by atoms with Crippen LogP contribution in [0.2, 0.25) is 0 Å². The predicted molar refractivity (Wildman–Crippen MR) is 87.6 cm³/mol. The molecule has 2 rings (SSSR count). The van der Waals surface area contributed by atoms with E-state index in [0.29, 0.717) is 10.0 Å². The molecular weight excluding hydrogens is 387 g/mol. The number of hydrogen-bond acceptors (Lipinski definition) is 3. The molecule has 0 aliphatic rings. The zero-order valence-electron chi connectivity index (χ0n) is 11.9. The molecule has 0 fully saturated rings. The maximum atomic E-state index is 13.4. The number of carbonyl (C=O) groups is 1. The topological polar surface area (TPSA) is 75.3 Å². The summed E-state index contributed by atoms with van der Waals surface area (Å²) in [6, 6.07) is 12.2. The van der Waals surface area contributed by atoms with Gasteiger partial charge in [-0.2, -0.15) is 0 Å². The Morgan fingerprint density at radius 3 is 2.57 bits per heavy atom. The standard InChI is InChI=1S/C15H14BrFN2O3S/c16-12-5-3-6-13(8-12)23(21,22)19-10-15(20)18-9-11-4-1-2-7-14(11)17/h1-8,19H,9-10H2,(H,18,20). The van der Waals surface area contributed by atoms with Crippen molar-refractivity contribution in [2.45, 2.75) is 11.4 Å². The number of carbonyl (C=O) groups excluding carboxylic acids is 1. The average Bonchev–Trinajstić information content (AvgIpc) is 2.52. The SMILES string of the molecule is O=C(CNS(=O)(=O)c1cccc(Br)c1)NCc1ccccc1F. The lowest BCUT2D eigenvalue weighted by molar-refractivity contribution is -0.120. The number of halogens is 2. The van der Waals surface area contributed by atoms with E-state index in [1.54, 1.807) is 30.3 Å². The molecule has 23 heavy (non-hydrogen) atoms. The summed E-state index contributed by atoms with van der Waals surface area (Å²) in [6.45, 7) is -0.437. The third kappa shape index (κ3) is 5.12. The molecule has 8 heteroatoms. The van der Waals surface area contributed by atoms with E-state index in [-0.39, 0.29) is 11.4 Å². The van der Waals surface area contributed by atoms with Gasteiger partial charge < -0.3 is 5.32 Å². The molecule has 0 atom stereocenters. The van der Waals surface area contributed by atoms with Crippen LogP contribution in [0.15, 0.2) is 57.9 Å². The van der Waals surface area contributed by atoms with Crippen molar-refractivity contribution in [3.8, 4) is 0 Å². The van der Waals surface area contributed by atoms with E-state index >= 15 is 0 Å². The lowest BCUT2D eigenvalue weighted by Gasteiger charge is -2.08. The molecule has 0 unspecified atom stereocenters. The Labute approximate surface area is 142 Å². The Balaban J connectivity index is 1.90. The third-order valence-electron chi connectivity index (χ3n) is 2.96. The molecule has 0 radical (unpaired) electrons. The molecule has 5 nitrogen and oxygen atoms in total. The fourth-order valence-electron chi connectivity index (χ4n) is 1.78. The Morgan fingerprint density at radius 1 is 1.13 bits per heavy atom. The van der Waals surface area contributed by atoms with Crippen molar-refractivity contribution < 1.29 is 17.6 Å². The van der Waals surface area contributed by atoms with Crippen molar-refractivity contribution in [3.63, 3.8) is 0 Å². The first-order valence-corrected chi connectivity index (χ1v) is 8.91. The fraction of sp³-hybridized carbons (Fsp3) is 0.133. The van der Waals surface area contributed by atoms with Gasteiger partial charge in [-0.15, -0.1) is 0 Å². The molecule has 0 aliphatic carbocycles. The molecule has 2 aromatic rings. The maximum Gasteiger partial charge on any atom is 0.241 e. The zero-order chi connectivity index (χ0) is 16.9. The molecular formula is C15H14BrFN2O3S. The molecule has 122 valence electrons. The highest BCUT2D eigenvalue weighted by atomic mass is 79.9. The number of hydrogen-bond donors (Lipinski definition) is 2. The van der Waals surface area contributed by atoms with Crippen LogP contribution in [-0.2, 0) is 21.4 Å². The number of nitrogens with one attached hydrogen (secondary N) is 2. The molecule has 0 bridgehead atoms. The molecule has 1 amide bonds. The number of rotatable bonds is 6. The first-order chi connectivity index (χ1) is 10.9. The lowest BCUT2D eigenvalue weighted by Crippen LogP contribution is -2.36. The second kappa shape index (κ2) is 7.67. The van der Waals surface area contributed by atoms with Gasteiger partial charge in [0.1, 0.15) is 5.82 Å². The van der Waals surface area contributed by atoms with Crippen LogP contribution in [0, 0.1) is 5.82 Å². The van der Waals surface area contributed by atoms with E-state index in [1.807, 2.05) is 0 Å². The first kappa shape index (κ1) is 17.6. The minimum atomic E-state index is -3.78. The number of amides is 1. The highest BCUT2D eigenvalue weighted by molar-refractivity contribution is 9.10. The summed E-state index contributed by atoms with van der Waals surface area (Å²) >= 11 is 3.19. The van der Waals surface area contributed by atoms with Crippen LogP contribution in [0.1, 0.15) is 5.56 Å². The summed E-state index contributed by atoms with van der Waals surface area (Å²) in [7, 11) is -3.78. The van der Waals surface area contributed by atoms with E-state index in [1.165, 1.54) is 18.2 Å². The average molecular weight is 401 g/mol. The summed E-state index contributed by atoms with van der Waals surface area (Å²) in [5, 5.41) is 2.46. The summed E-state index contributed by atoms with van der Waals surface area (Å²) < 4.78 is 40.3. The van der Waals surface area contributed by atoms with Crippen molar-refractivity contribution in [1.82, 2.24) is 10.0 Å². The first-order valence-electron chi connectivity index (χ1n) is 6.64. The molecule has 0 aliphatic heterocycles. The van der Waals surface area contributed by atoms with Crippen LogP contribution in [0.25, 0.3) is 0 Å². The van der Waals surface area contributed by atoms with Gasteiger partial charge in [0.2, 0.25) is 15.9 Å². The van der Waals surface area contributed by atoms with Gasteiger partial charge in [0.05, 0.1) is 11.4 Å². The van der Waals surface area contributed by atoms with Gasteiger partial charge in [0, 0.05) is 16.6 Å². The molecule has 2 aromatic carbocycles. The van der Waals surface area contributed by atoms with Crippen molar-refractivity contribution in [2.24, 2.45) is 0 Å². The van der Waals surface area contributed by atoms with Gasteiger partial charge in [0.15, 0.2) is 0 Å². The quantitative estimate of drug-likeness (QED) is 0.779. The summed E-state index contributed by atoms with van der Waals surface area (Å²) in [5.41, 5.74) is 0.329. The zero-order valence-corrected chi connectivity index (χ0v) is 14.3. The Bertz CT molecular complexity index is 812. The minimum absolute atomic E-state index is 0.00980. The smallest absolute Gasteiger partial charge is 0.241 e. The van der Waals surface area contributed by atoms with Crippen molar-refractivity contribution in [3.05, 3.63) is 64.4 Å². The Morgan fingerprint density at radius 2 is 1.87 bits per heavy atom. The highest BCUT2D eigenvalue weighted by Crippen LogP contribution is 2.15. The van der Waals surface area contributed by atoms with Crippen LogP contribution < -0.4 is 10.0 Å². The normalized spacial score (nSPS) is 11.2. The predicted octanol–water partition coefficient (Wildman–Crippen LogP) is 2.18. The van der Waals surface area contributed by atoms with Gasteiger partial charge in [-0.05, 0) is 24.3 Å². The van der Waals surface area contributed by atoms with Gasteiger partial charge in [0.25, 0.3) is 0 Å². The fourth-order valence-corrected chi connectivity index (χ4v) is 3.35. The van der Waals surface area contributed by atoms with E-state index in [9.17, 15) is 17.6 Å². The monoisotopic (exact) mass is 400 g/mol.